The van der Waals surface area contributed by atoms with Crippen molar-refractivity contribution < 1.29 is 45.0 Å². The number of aliphatic carboxylic acids is 3. The van der Waals surface area contributed by atoms with Gasteiger partial charge in [0.05, 0.1) is 18.3 Å². The van der Waals surface area contributed by atoms with Gasteiger partial charge in [-0.25, -0.2) is 0 Å². The fourth-order valence-electron chi connectivity index (χ4n) is 7.07. The van der Waals surface area contributed by atoms with Gasteiger partial charge in [-0.3, -0.25) is 0 Å². The fourth-order valence-corrected chi connectivity index (χ4v) is 7.07. The molecule has 3 N–H and O–H groups in total. The van der Waals surface area contributed by atoms with Gasteiger partial charge in [-0.05, 0) is 116 Å². The standard InChI is InChI=1S/3C18H34O3.Al/c3*1-2-3-4-11-14-17(19)15-12-9-7-5-6-8-10-13-16-18(20)21;/h3*9,12,17,19H,2-8,10-11,13-16H2,1H3,(H,20,21);/q;;;+3/p-3/b3*12-9+;. The van der Waals surface area contributed by atoms with Crippen LogP contribution < -0.4 is 15.3 Å². The zero-order valence-corrected chi connectivity index (χ0v) is 42.8. The van der Waals surface area contributed by atoms with Gasteiger partial charge in [0.2, 0.25) is 0 Å². The van der Waals surface area contributed by atoms with E-state index in [2.05, 4.69) is 57.2 Å². The van der Waals surface area contributed by atoms with Crippen LogP contribution in [0.4, 0.5) is 0 Å². The van der Waals surface area contributed by atoms with Crippen molar-refractivity contribution in [2.24, 2.45) is 0 Å². The minimum absolute atomic E-state index is 0. The molecule has 9 nitrogen and oxygen atoms in total. The van der Waals surface area contributed by atoms with Gasteiger partial charge in [-0.1, -0.05) is 192 Å². The predicted octanol–water partition coefficient (Wildman–Crippen LogP) is 10.9. The molecule has 0 aromatic carbocycles. The maximum Gasteiger partial charge on any atom is 3.00 e. The second-order valence-corrected chi connectivity index (χ2v) is 17.7. The zero-order valence-electron chi connectivity index (χ0n) is 41.6. The molecule has 3 atom stereocenters. The molecule has 64 heavy (non-hydrogen) atoms. The van der Waals surface area contributed by atoms with Crippen LogP contribution in [0.15, 0.2) is 36.5 Å². The van der Waals surface area contributed by atoms with Crippen LogP contribution in [-0.2, 0) is 14.4 Å². The van der Waals surface area contributed by atoms with Gasteiger partial charge >= 0.3 is 17.4 Å². The van der Waals surface area contributed by atoms with Crippen LogP contribution >= 0.6 is 0 Å². The van der Waals surface area contributed by atoms with Crippen LogP contribution in [0.5, 0.6) is 0 Å². The number of carbonyl (C=O) groups is 3. The van der Waals surface area contributed by atoms with Crippen molar-refractivity contribution >= 4 is 35.3 Å². The Morgan fingerprint density at radius 1 is 0.344 bits per heavy atom. The Bertz CT molecular complexity index is 919. The summed E-state index contributed by atoms with van der Waals surface area (Å²) in [5.41, 5.74) is 0. The summed E-state index contributed by atoms with van der Waals surface area (Å²) in [6.07, 6.45) is 51.0. The molecule has 0 fully saturated rings. The largest absolute Gasteiger partial charge is 3.00 e. The maximum atomic E-state index is 10.2. The van der Waals surface area contributed by atoms with Crippen LogP contribution in [0.25, 0.3) is 0 Å². The van der Waals surface area contributed by atoms with Gasteiger partial charge in [-0.2, -0.15) is 0 Å². The quantitative estimate of drug-likeness (QED) is 0.0304. The molecule has 0 aliphatic rings. The van der Waals surface area contributed by atoms with Crippen LogP contribution in [0.1, 0.15) is 271 Å². The van der Waals surface area contributed by atoms with E-state index in [1.165, 1.54) is 57.8 Å². The number of allylic oxidation sites excluding steroid dienone is 3. The summed E-state index contributed by atoms with van der Waals surface area (Å²) in [5, 5.41) is 60.0. The summed E-state index contributed by atoms with van der Waals surface area (Å²) in [6.45, 7) is 6.59. The van der Waals surface area contributed by atoms with Gasteiger partial charge in [0.25, 0.3) is 0 Å². The summed E-state index contributed by atoms with van der Waals surface area (Å²) in [6, 6.07) is 0. The number of aliphatic hydroxyl groups excluding tert-OH is 3. The van der Waals surface area contributed by atoms with E-state index in [0.717, 1.165) is 173 Å². The molecule has 0 aromatic heterocycles. The SMILES string of the molecule is CCCCCCC(O)C/C=C/CCCCCCCC(=O)[O-].CCCCCCC(O)C/C=C/CCCCCCCC(=O)[O-].CCCCCCC(O)C/C=C/CCCCCCCC(=O)[O-].[Al+3]. The molecule has 10 heteroatoms. The Kier molecular flexibility index (Phi) is 63.3. The molecule has 0 saturated carbocycles. The minimum atomic E-state index is -0.939. The first-order valence-electron chi connectivity index (χ1n) is 26.1. The Hall–Kier alpha value is -1.96. The first-order valence-corrected chi connectivity index (χ1v) is 26.1. The molecule has 0 rings (SSSR count). The van der Waals surface area contributed by atoms with Gasteiger partial charge < -0.3 is 45.0 Å². The normalized spacial score (nSPS) is 12.7. The van der Waals surface area contributed by atoms with Crippen molar-refractivity contribution in [3.8, 4) is 0 Å². The average molecular weight is 919 g/mol. The summed E-state index contributed by atoms with van der Waals surface area (Å²) in [4.78, 5) is 30.7. The van der Waals surface area contributed by atoms with E-state index in [9.17, 15) is 45.0 Å². The molecule has 0 aliphatic carbocycles. The Balaban J connectivity index is -0.000000419. The third kappa shape index (κ3) is 69.1. The van der Waals surface area contributed by atoms with Crippen molar-refractivity contribution in [2.45, 2.75) is 289 Å². The molecule has 0 amide bonds. The monoisotopic (exact) mass is 919 g/mol. The second-order valence-electron chi connectivity index (χ2n) is 17.7. The number of hydrogen-bond acceptors (Lipinski definition) is 9. The summed E-state index contributed by atoms with van der Waals surface area (Å²) in [7, 11) is 0. The molecular weight excluding hydrogens is 820 g/mol. The molecule has 0 radical (unpaired) electrons. The smallest absolute Gasteiger partial charge is 0.550 e. The van der Waals surface area contributed by atoms with Gasteiger partial charge in [-0.15, -0.1) is 0 Å². The average Bonchev–Trinajstić information content (AvgIpc) is 3.24. The second kappa shape index (κ2) is 59.1. The minimum Gasteiger partial charge on any atom is -0.550 e. The van der Waals surface area contributed by atoms with E-state index in [4.69, 9.17) is 0 Å². The zero-order chi connectivity index (χ0) is 47.3. The topological polar surface area (TPSA) is 181 Å². The maximum absolute atomic E-state index is 10.2. The van der Waals surface area contributed by atoms with E-state index in [1.807, 2.05) is 0 Å². The number of carbonyl (C=O) groups excluding carboxylic acids is 3. The van der Waals surface area contributed by atoms with Gasteiger partial charge in [0.15, 0.2) is 0 Å². The number of carboxylic acids is 3. The van der Waals surface area contributed by atoms with Crippen molar-refractivity contribution in [3.05, 3.63) is 36.5 Å². The van der Waals surface area contributed by atoms with Crippen molar-refractivity contribution in [1.82, 2.24) is 0 Å². The summed E-state index contributed by atoms with van der Waals surface area (Å²) < 4.78 is 0. The van der Waals surface area contributed by atoms with Crippen LogP contribution in [0.3, 0.4) is 0 Å². The van der Waals surface area contributed by atoms with Crippen LogP contribution in [-0.4, -0.2) is 68.9 Å². The fraction of sp³-hybridized carbons (Fsp3) is 0.833. The van der Waals surface area contributed by atoms with Gasteiger partial charge in [0.1, 0.15) is 0 Å². The van der Waals surface area contributed by atoms with E-state index in [0.29, 0.717) is 0 Å². The third-order valence-corrected chi connectivity index (χ3v) is 11.2. The molecule has 0 spiro atoms. The molecule has 372 valence electrons. The number of unbranched alkanes of at least 4 members (excludes halogenated alkanes) is 24. The first kappa shape index (κ1) is 68.6. The molecule has 0 saturated heterocycles. The van der Waals surface area contributed by atoms with E-state index in [-0.39, 0.29) is 54.9 Å². The van der Waals surface area contributed by atoms with E-state index < -0.39 is 17.9 Å². The van der Waals surface area contributed by atoms with E-state index >= 15 is 0 Å². The Labute approximate surface area is 404 Å². The molecule has 0 bridgehead atoms. The van der Waals surface area contributed by atoms with Crippen LogP contribution in [0.2, 0.25) is 0 Å². The summed E-state index contributed by atoms with van der Waals surface area (Å²) in [5.74, 6) is -2.82. The molecule has 0 aromatic rings. The molecule has 3 unspecified atom stereocenters. The van der Waals surface area contributed by atoms with Crippen LogP contribution in [0, 0.1) is 0 Å². The predicted molar refractivity (Wildman–Crippen MR) is 263 cm³/mol. The molecule has 0 heterocycles. The molecular formula is C54H99AlO9. The number of aliphatic hydroxyl groups is 3. The van der Waals surface area contributed by atoms with Crippen molar-refractivity contribution in [2.75, 3.05) is 0 Å². The first-order chi connectivity index (χ1) is 30.5. The summed E-state index contributed by atoms with van der Waals surface area (Å²) >= 11 is 0. The van der Waals surface area contributed by atoms with E-state index in [1.54, 1.807) is 0 Å². The number of carboxylic acid groups (broad SMARTS) is 3. The number of rotatable bonds is 45. The third-order valence-electron chi connectivity index (χ3n) is 11.2. The van der Waals surface area contributed by atoms with Crippen molar-refractivity contribution in [3.63, 3.8) is 0 Å². The Morgan fingerprint density at radius 3 is 0.797 bits per heavy atom. The Morgan fingerprint density at radius 2 is 0.562 bits per heavy atom. The molecule has 0 aliphatic heterocycles. The number of hydrogen-bond donors (Lipinski definition) is 3. The van der Waals surface area contributed by atoms with Crippen molar-refractivity contribution in [1.29, 1.82) is 0 Å². The van der Waals surface area contributed by atoms with Gasteiger partial charge in [0, 0.05) is 17.9 Å².